The first kappa shape index (κ1) is 13.8. The van der Waals surface area contributed by atoms with Crippen molar-refractivity contribution >= 4 is 11.9 Å². The van der Waals surface area contributed by atoms with Gasteiger partial charge in [-0.05, 0) is 26.2 Å². The van der Waals surface area contributed by atoms with Crippen LogP contribution in [0.2, 0.25) is 0 Å². The lowest BCUT2D eigenvalue weighted by Crippen LogP contribution is -2.38. The number of nitrogens with one attached hydrogen (secondary N) is 1. The van der Waals surface area contributed by atoms with Crippen LogP contribution >= 0.6 is 0 Å². The number of amides is 1. The monoisotopic (exact) mass is 242 g/mol. The van der Waals surface area contributed by atoms with E-state index in [9.17, 15) is 4.79 Å². The SMILES string of the molecule is CCC(C)NC(N)=NCC1CCC(C(N)=O)O1. The summed E-state index contributed by atoms with van der Waals surface area (Å²) in [7, 11) is 0. The number of nitrogens with two attached hydrogens (primary N) is 2. The molecule has 5 N–H and O–H groups in total. The zero-order valence-corrected chi connectivity index (χ0v) is 10.5. The number of rotatable bonds is 5. The number of ether oxygens (including phenoxy) is 1. The molecule has 1 fully saturated rings. The third kappa shape index (κ3) is 4.60. The first-order valence-corrected chi connectivity index (χ1v) is 6.04. The Balaban J connectivity index is 2.31. The number of hydrogen-bond donors (Lipinski definition) is 3. The van der Waals surface area contributed by atoms with Gasteiger partial charge in [0.2, 0.25) is 5.91 Å². The molecular weight excluding hydrogens is 220 g/mol. The van der Waals surface area contributed by atoms with E-state index in [1.807, 2.05) is 6.92 Å². The molecule has 3 atom stereocenters. The van der Waals surface area contributed by atoms with Gasteiger partial charge in [-0.2, -0.15) is 0 Å². The molecule has 0 aromatic rings. The second-order valence-corrected chi connectivity index (χ2v) is 4.41. The van der Waals surface area contributed by atoms with Gasteiger partial charge in [0.15, 0.2) is 5.96 Å². The third-order valence-electron chi connectivity index (χ3n) is 2.90. The second-order valence-electron chi connectivity index (χ2n) is 4.41. The van der Waals surface area contributed by atoms with Crippen molar-refractivity contribution in [1.82, 2.24) is 5.32 Å². The van der Waals surface area contributed by atoms with Gasteiger partial charge in [-0.15, -0.1) is 0 Å². The van der Waals surface area contributed by atoms with Crippen LogP contribution in [-0.4, -0.2) is 36.7 Å². The fourth-order valence-electron chi connectivity index (χ4n) is 1.65. The molecule has 1 rings (SSSR count). The second kappa shape index (κ2) is 6.44. The number of guanidine groups is 1. The molecule has 6 heteroatoms. The maximum atomic E-state index is 10.9. The van der Waals surface area contributed by atoms with Crippen LogP contribution in [0.15, 0.2) is 4.99 Å². The largest absolute Gasteiger partial charge is 0.370 e. The molecule has 1 aliphatic heterocycles. The topological polar surface area (TPSA) is 103 Å². The number of hydrogen-bond acceptors (Lipinski definition) is 3. The van der Waals surface area contributed by atoms with Gasteiger partial charge >= 0.3 is 0 Å². The van der Waals surface area contributed by atoms with E-state index in [1.54, 1.807) is 0 Å². The van der Waals surface area contributed by atoms with Crippen LogP contribution in [0.5, 0.6) is 0 Å². The Labute approximate surface area is 102 Å². The van der Waals surface area contributed by atoms with E-state index >= 15 is 0 Å². The molecule has 0 aromatic carbocycles. The summed E-state index contributed by atoms with van der Waals surface area (Å²) in [4.78, 5) is 15.1. The third-order valence-corrected chi connectivity index (χ3v) is 2.90. The molecule has 3 unspecified atom stereocenters. The molecule has 0 aromatic heterocycles. The quantitative estimate of drug-likeness (QED) is 0.456. The van der Waals surface area contributed by atoms with Crippen LogP contribution in [0.4, 0.5) is 0 Å². The van der Waals surface area contributed by atoms with E-state index in [1.165, 1.54) is 0 Å². The highest BCUT2D eigenvalue weighted by molar-refractivity contribution is 5.79. The molecule has 0 radical (unpaired) electrons. The molecule has 1 amide bonds. The molecule has 1 aliphatic rings. The molecular formula is C11H22N4O2. The van der Waals surface area contributed by atoms with Crippen molar-refractivity contribution in [3.63, 3.8) is 0 Å². The van der Waals surface area contributed by atoms with Gasteiger partial charge in [-0.25, -0.2) is 0 Å². The fourth-order valence-corrected chi connectivity index (χ4v) is 1.65. The number of carbonyl (C=O) groups excluding carboxylic acids is 1. The molecule has 1 heterocycles. The van der Waals surface area contributed by atoms with Crippen LogP contribution < -0.4 is 16.8 Å². The molecule has 0 spiro atoms. The van der Waals surface area contributed by atoms with Crippen molar-refractivity contribution in [2.45, 2.75) is 51.4 Å². The summed E-state index contributed by atoms with van der Waals surface area (Å²) in [5.74, 6) is 0.0210. The minimum absolute atomic E-state index is 0.0511. The highest BCUT2D eigenvalue weighted by Gasteiger charge is 2.28. The van der Waals surface area contributed by atoms with Crippen LogP contribution in [-0.2, 0) is 9.53 Å². The number of nitrogens with zero attached hydrogens (tertiary/aromatic N) is 1. The molecule has 1 saturated heterocycles. The van der Waals surface area contributed by atoms with E-state index in [4.69, 9.17) is 16.2 Å². The van der Waals surface area contributed by atoms with Gasteiger partial charge in [0.25, 0.3) is 0 Å². The zero-order chi connectivity index (χ0) is 12.8. The molecule has 0 bridgehead atoms. The van der Waals surface area contributed by atoms with Crippen molar-refractivity contribution in [2.24, 2.45) is 16.5 Å². The van der Waals surface area contributed by atoms with Gasteiger partial charge in [-0.3, -0.25) is 9.79 Å². The lowest BCUT2D eigenvalue weighted by molar-refractivity contribution is -0.128. The predicted molar refractivity (Wildman–Crippen MR) is 66.5 cm³/mol. The average molecular weight is 242 g/mol. The molecule has 17 heavy (non-hydrogen) atoms. The maximum absolute atomic E-state index is 10.9. The van der Waals surface area contributed by atoms with E-state index in [-0.39, 0.29) is 6.10 Å². The van der Waals surface area contributed by atoms with Crippen molar-refractivity contribution in [1.29, 1.82) is 0 Å². The summed E-state index contributed by atoms with van der Waals surface area (Å²) >= 11 is 0. The Bertz CT molecular complexity index is 293. The molecule has 0 aliphatic carbocycles. The van der Waals surface area contributed by atoms with Gasteiger partial charge in [0.05, 0.1) is 12.6 Å². The van der Waals surface area contributed by atoms with Crippen LogP contribution in [0, 0.1) is 0 Å². The molecule has 0 saturated carbocycles. The maximum Gasteiger partial charge on any atom is 0.246 e. The fraction of sp³-hybridized carbons (Fsp3) is 0.818. The number of carbonyl (C=O) groups is 1. The first-order valence-electron chi connectivity index (χ1n) is 6.04. The van der Waals surface area contributed by atoms with Crippen LogP contribution in [0.25, 0.3) is 0 Å². The van der Waals surface area contributed by atoms with Crippen LogP contribution in [0.3, 0.4) is 0 Å². The first-order chi connectivity index (χ1) is 8.02. The minimum Gasteiger partial charge on any atom is -0.370 e. The van der Waals surface area contributed by atoms with Crippen molar-refractivity contribution in [2.75, 3.05) is 6.54 Å². The predicted octanol–water partition coefficient (Wildman–Crippen LogP) is -0.278. The van der Waals surface area contributed by atoms with E-state index < -0.39 is 12.0 Å². The Morgan fingerprint density at radius 3 is 2.76 bits per heavy atom. The van der Waals surface area contributed by atoms with Gasteiger partial charge in [0, 0.05) is 6.04 Å². The number of primary amides is 1. The summed E-state index contributed by atoms with van der Waals surface area (Å²) in [5, 5.41) is 3.07. The Kier molecular flexibility index (Phi) is 5.21. The highest BCUT2D eigenvalue weighted by Crippen LogP contribution is 2.19. The minimum atomic E-state index is -0.459. The lowest BCUT2D eigenvalue weighted by atomic mass is 10.2. The summed E-state index contributed by atoms with van der Waals surface area (Å²) in [6.07, 6.45) is 1.95. The van der Waals surface area contributed by atoms with Gasteiger partial charge in [-0.1, -0.05) is 6.92 Å². The summed E-state index contributed by atoms with van der Waals surface area (Å²) < 4.78 is 5.44. The van der Waals surface area contributed by atoms with E-state index in [2.05, 4.69) is 17.2 Å². The van der Waals surface area contributed by atoms with Crippen molar-refractivity contribution in [3.8, 4) is 0 Å². The van der Waals surface area contributed by atoms with Crippen molar-refractivity contribution in [3.05, 3.63) is 0 Å². The Hall–Kier alpha value is -1.30. The molecule has 6 nitrogen and oxygen atoms in total. The van der Waals surface area contributed by atoms with E-state index in [0.717, 1.165) is 12.8 Å². The standard InChI is InChI=1S/C11H22N4O2/c1-3-7(2)15-11(13)14-6-8-4-5-9(17-8)10(12)16/h7-9H,3-6H2,1-2H3,(H2,12,16)(H3,13,14,15). The smallest absolute Gasteiger partial charge is 0.246 e. The lowest BCUT2D eigenvalue weighted by Gasteiger charge is -2.13. The Morgan fingerprint density at radius 1 is 1.53 bits per heavy atom. The number of aliphatic imine (C=N–C) groups is 1. The normalized spacial score (nSPS) is 26.8. The summed E-state index contributed by atoms with van der Waals surface area (Å²) in [6, 6.07) is 0.307. The van der Waals surface area contributed by atoms with Crippen molar-refractivity contribution < 1.29 is 9.53 Å². The van der Waals surface area contributed by atoms with Gasteiger partial charge < -0.3 is 21.5 Å². The summed E-state index contributed by atoms with van der Waals surface area (Å²) in [5.41, 5.74) is 10.9. The summed E-state index contributed by atoms with van der Waals surface area (Å²) in [6.45, 7) is 4.58. The van der Waals surface area contributed by atoms with Crippen LogP contribution in [0.1, 0.15) is 33.1 Å². The van der Waals surface area contributed by atoms with E-state index in [0.29, 0.717) is 25.0 Å². The Morgan fingerprint density at radius 2 is 2.24 bits per heavy atom. The van der Waals surface area contributed by atoms with Gasteiger partial charge in [0.1, 0.15) is 6.10 Å². The highest BCUT2D eigenvalue weighted by atomic mass is 16.5. The average Bonchev–Trinajstić information content (AvgIpc) is 2.75. The zero-order valence-electron chi connectivity index (χ0n) is 10.5. The molecule has 98 valence electrons.